The molecule has 0 aliphatic heterocycles. The lowest BCUT2D eigenvalue weighted by Crippen LogP contribution is -2.23. The van der Waals surface area contributed by atoms with Gasteiger partial charge in [-0.3, -0.25) is 9.48 Å². The summed E-state index contributed by atoms with van der Waals surface area (Å²) in [5.41, 5.74) is 5.36. The highest BCUT2D eigenvalue weighted by Gasteiger charge is 2.13. The molecular weight excluding hydrogens is 212 g/mol. The molecule has 1 heterocycles. The molecule has 1 aromatic rings. The first kappa shape index (κ1) is 12.0. The number of amides is 1. The van der Waals surface area contributed by atoms with Crippen molar-refractivity contribution in [2.24, 2.45) is 0 Å². The van der Waals surface area contributed by atoms with Crippen molar-refractivity contribution >= 4 is 17.6 Å². The van der Waals surface area contributed by atoms with Crippen molar-refractivity contribution in [2.45, 2.75) is 19.9 Å². The van der Waals surface area contributed by atoms with Gasteiger partial charge in [-0.1, -0.05) is 0 Å². The lowest BCUT2D eigenvalue weighted by Gasteiger charge is -2.01. The average Bonchev–Trinajstić information content (AvgIpc) is 2.57. The van der Waals surface area contributed by atoms with Crippen molar-refractivity contribution in [3.8, 4) is 0 Å². The van der Waals surface area contributed by atoms with Gasteiger partial charge in [0, 0.05) is 25.7 Å². The molecule has 7 nitrogen and oxygen atoms in total. The second-order valence-electron chi connectivity index (χ2n) is 3.20. The molecule has 16 heavy (non-hydrogen) atoms. The fraction of sp³-hybridized carbons (Fsp3) is 0.444. The van der Waals surface area contributed by atoms with E-state index in [1.165, 1.54) is 10.9 Å². The number of carbonyl (C=O) groups excluding carboxylic acids is 1. The zero-order valence-electron chi connectivity index (χ0n) is 8.93. The zero-order chi connectivity index (χ0) is 12.1. The molecule has 0 aromatic carbocycles. The number of anilines is 1. The van der Waals surface area contributed by atoms with Gasteiger partial charge in [0.25, 0.3) is 0 Å². The Labute approximate surface area is 92.2 Å². The van der Waals surface area contributed by atoms with E-state index in [1.807, 2.05) is 6.92 Å². The van der Waals surface area contributed by atoms with E-state index in [1.54, 1.807) is 0 Å². The highest BCUT2D eigenvalue weighted by Crippen LogP contribution is 2.08. The van der Waals surface area contributed by atoms with Crippen LogP contribution in [0.2, 0.25) is 0 Å². The molecule has 0 saturated carbocycles. The van der Waals surface area contributed by atoms with Gasteiger partial charge < -0.3 is 16.2 Å². The van der Waals surface area contributed by atoms with Crippen LogP contribution in [-0.4, -0.2) is 33.3 Å². The van der Waals surface area contributed by atoms with E-state index < -0.39 is 5.97 Å². The van der Waals surface area contributed by atoms with E-state index in [0.717, 1.165) is 0 Å². The molecule has 1 aromatic heterocycles. The normalized spacial score (nSPS) is 10.1. The molecule has 0 atom stereocenters. The van der Waals surface area contributed by atoms with Crippen LogP contribution in [0.3, 0.4) is 0 Å². The Morgan fingerprint density at radius 2 is 2.31 bits per heavy atom. The molecule has 88 valence electrons. The molecule has 7 heteroatoms. The summed E-state index contributed by atoms with van der Waals surface area (Å²) in [5, 5.41) is 15.1. The van der Waals surface area contributed by atoms with Crippen LogP contribution in [-0.2, 0) is 11.3 Å². The summed E-state index contributed by atoms with van der Waals surface area (Å²) in [6, 6.07) is 0. The largest absolute Gasteiger partial charge is 0.476 e. The summed E-state index contributed by atoms with van der Waals surface area (Å²) in [6.07, 6.45) is 1.65. The summed E-state index contributed by atoms with van der Waals surface area (Å²) in [4.78, 5) is 21.8. The number of nitrogen functional groups attached to an aromatic ring is 1. The zero-order valence-corrected chi connectivity index (χ0v) is 8.93. The molecular formula is C9H14N4O3. The second kappa shape index (κ2) is 5.15. The number of aromatic nitrogens is 2. The van der Waals surface area contributed by atoms with E-state index in [4.69, 9.17) is 10.8 Å². The van der Waals surface area contributed by atoms with Crippen molar-refractivity contribution in [3.05, 3.63) is 11.9 Å². The molecule has 0 bridgehead atoms. The summed E-state index contributed by atoms with van der Waals surface area (Å²) in [7, 11) is 0. The Kier molecular flexibility index (Phi) is 3.87. The van der Waals surface area contributed by atoms with Crippen LogP contribution in [0.25, 0.3) is 0 Å². The standard InChI is InChI=1S/C9H14N4O3/c1-2-11-7(14)3-4-13-5-6(10)8(12-13)9(15)16/h5H,2-4,10H2,1H3,(H,11,14)(H,15,16). The van der Waals surface area contributed by atoms with Gasteiger partial charge in [0.2, 0.25) is 5.91 Å². The third-order valence-electron chi connectivity index (χ3n) is 1.93. The Morgan fingerprint density at radius 1 is 1.62 bits per heavy atom. The maximum absolute atomic E-state index is 11.1. The Balaban J connectivity index is 2.58. The SMILES string of the molecule is CCNC(=O)CCn1cc(N)c(C(=O)O)n1. The first-order chi connectivity index (χ1) is 7.54. The first-order valence-electron chi connectivity index (χ1n) is 4.87. The third-order valence-corrected chi connectivity index (χ3v) is 1.93. The quantitative estimate of drug-likeness (QED) is 0.637. The van der Waals surface area contributed by atoms with Crippen molar-refractivity contribution in [1.29, 1.82) is 0 Å². The molecule has 1 rings (SSSR count). The highest BCUT2D eigenvalue weighted by molar-refractivity contribution is 5.91. The summed E-state index contributed by atoms with van der Waals surface area (Å²) < 4.78 is 1.36. The van der Waals surface area contributed by atoms with E-state index in [-0.39, 0.29) is 23.7 Å². The topological polar surface area (TPSA) is 110 Å². The number of carboxylic acids is 1. The molecule has 0 spiro atoms. The molecule has 0 saturated heterocycles. The predicted octanol–water partition coefficient (Wildman–Crippen LogP) is -0.310. The fourth-order valence-electron chi connectivity index (χ4n) is 1.22. The number of aromatic carboxylic acids is 1. The minimum Gasteiger partial charge on any atom is -0.476 e. The Hall–Kier alpha value is -2.05. The summed E-state index contributed by atoms with van der Waals surface area (Å²) >= 11 is 0. The molecule has 1 amide bonds. The summed E-state index contributed by atoms with van der Waals surface area (Å²) in [5.74, 6) is -1.28. The van der Waals surface area contributed by atoms with Crippen LogP contribution >= 0.6 is 0 Å². The number of nitrogens with one attached hydrogen (secondary N) is 1. The minimum atomic E-state index is -1.17. The van der Waals surface area contributed by atoms with E-state index in [0.29, 0.717) is 13.1 Å². The van der Waals surface area contributed by atoms with Gasteiger partial charge in [-0.25, -0.2) is 4.79 Å². The van der Waals surface area contributed by atoms with Crippen LogP contribution in [0.5, 0.6) is 0 Å². The number of nitrogens with zero attached hydrogens (tertiary/aromatic N) is 2. The first-order valence-corrected chi connectivity index (χ1v) is 4.87. The lowest BCUT2D eigenvalue weighted by atomic mass is 10.4. The van der Waals surface area contributed by atoms with Crippen LogP contribution in [0, 0.1) is 0 Å². The lowest BCUT2D eigenvalue weighted by molar-refractivity contribution is -0.121. The van der Waals surface area contributed by atoms with Crippen LogP contribution in [0.4, 0.5) is 5.69 Å². The number of carbonyl (C=O) groups is 2. The fourth-order valence-corrected chi connectivity index (χ4v) is 1.22. The van der Waals surface area contributed by atoms with Gasteiger partial charge in [0.05, 0.1) is 5.69 Å². The van der Waals surface area contributed by atoms with Crippen LogP contribution in [0.15, 0.2) is 6.20 Å². The molecule has 0 fully saturated rings. The maximum Gasteiger partial charge on any atom is 0.358 e. The smallest absolute Gasteiger partial charge is 0.358 e. The predicted molar refractivity (Wildman–Crippen MR) is 56.9 cm³/mol. The monoisotopic (exact) mass is 226 g/mol. The van der Waals surface area contributed by atoms with Gasteiger partial charge in [0.15, 0.2) is 5.69 Å². The molecule has 0 aliphatic carbocycles. The van der Waals surface area contributed by atoms with Crippen molar-refractivity contribution < 1.29 is 14.7 Å². The second-order valence-corrected chi connectivity index (χ2v) is 3.20. The van der Waals surface area contributed by atoms with Crippen LogP contribution in [0.1, 0.15) is 23.8 Å². The number of rotatable bonds is 5. The van der Waals surface area contributed by atoms with Gasteiger partial charge in [-0.2, -0.15) is 5.10 Å². The molecule has 0 radical (unpaired) electrons. The molecule has 0 aliphatic rings. The number of hydrogen-bond acceptors (Lipinski definition) is 4. The number of carboxylic acid groups (broad SMARTS) is 1. The van der Waals surface area contributed by atoms with E-state index in [9.17, 15) is 9.59 Å². The van der Waals surface area contributed by atoms with Gasteiger partial charge in [-0.15, -0.1) is 0 Å². The van der Waals surface area contributed by atoms with Crippen LogP contribution < -0.4 is 11.1 Å². The Bertz CT molecular complexity index is 399. The van der Waals surface area contributed by atoms with Crippen molar-refractivity contribution in [3.63, 3.8) is 0 Å². The van der Waals surface area contributed by atoms with Gasteiger partial charge >= 0.3 is 5.97 Å². The van der Waals surface area contributed by atoms with E-state index in [2.05, 4.69) is 10.4 Å². The van der Waals surface area contributed by atoms with Gasteiger partial charge in [0.1, 0.15) is 0 Å². The number of aryl methyl sites for hydroxylation is 1. The highest BCUT2D eigenvalue weighted by atomic mass is 16.4. The van der Waals surface area contributed by atoms with Crippen molar-refractivity contribution in [2.75, 3.05) is 12.3 Å². The summed E-state index contributed by atoms with van der Waals surface area (Å²) in [6.45, 7) is 2.70. The third kappa shape index (κ3) is 2.97. The minimum absolute atomic E-state index is 0.100. The van der Waals surface area contributed by atoms with Gasteiger partial charge in [-0.05, 0) is 6.92 Å². The molecule has 0 unspecified atom stereocenters. The maximum atomic E-state index is 11.1. The van der Waals surface area contributed by atoms with Crippen molar-refractivity contribution in [1.82, 2.24) is 15.1 Å². The van der Waals surface area contributed by atoms with E-state index >= 15 is 0 Å². The molecule has 4 N–H and O–H groups in total. The number of nitrogens with two attached hydrogens (primary N) is 1. The average molecular weight is 226 g/mol. The number of hydrogen-bond donors (Lipinski definition) is 3. The Morgan fingerprint density at radius 3 is 2.81 bits per heavy atom.